The molecule has 0 saturated carbocycles. The molecule has 0 heterocycles. The Labute approximate surface area is 114 Å². The number of ether oxygens (including phenoxy) is 1. The van der Waals surface area contributed by atoms with Gasteiger partial charge in [0.05, 0.1) is 0 Å². The Kier molecular flexibility index (Phi) is 3.87. The van der Waals surface area contributed by atoms with Crippen LogP contribution in [-0.4, -0.2) is 0 Å². The highest BCUT2D eigenvalue weighted by Gasteiger charge is 2.03. The lowest BCUT2D eigenvalue weighted by atomic mass is 10.2. The largest absolute Gasteiger partial charge is 0.489 e. The maximum atomic E-state index is 12.9. The summed E-state index contributed by atoms with van der Waals surface area (Å²) in [6, 6.07) is 10.0. The van der Waals surface area contributed by atoms with Gasteiger partial charge in [0, 0.05) is 15.7 Å². The highest BCUT2D eigenvalue weighted by molar-refractivity contribution is 9.10. The van der Waals surface area contributed by atoms with Gasteiger partial charge in [-0.1, -0.05) is 22.0 Å². The van der Waals surface area contributed by atoms with Crippen LogP contribution in [0.4, 0.5) is 10.1 Å². The maximum Gasteiger partial charge on any atom is 0.124 e. The van der Waals surface area contributed by atoms with Crippen LogP contribution in [0.15, 0.2) is 40.9 Å². The van der Waals surface area contributed by atoms with Gasteiger partial charge in [-0.15, -0.1) is 0 Å². The van der Waals surface area contributed by atoms with Gasteiger partial charge in [0.15, 0.2) is 0 Å². The summed E-state index contributed by atoms with van der Waals surface area (Å²) in [6.07, 6.45) is 0. The maximum absolute atomic E-state index is 12.9. The van der Waals surface area contributed by atoms with Crippen molar-refractivity contribution < 1.29 is 9.13 Å². The fraction of sp³-hybridized carbons (Fsp3) is 0.143. The summed E-state index contributed by atoms with van der Waals surface area (Å²) in [6.45, 7) is 2.31. The van der Waals surface area contributed by atoms with Crippen molar-refractivity contribution in [3.05, 3.63) is 57.8 Å². The van der Waals surface area contributed by atoms with Crippen LogP contribution in [0, 0.1) is 12.7 Å². The minimum atomic E-state index is -0.269. The van der Waals surface area contributed by atoms with Crippen molar-refractivity contribution in [2.24, 2.45) is 0 Å². The van der Waals surface area contributed by atoms with Gasteiger partial charge in [0.1, 0.15) is 18.2 Å². The Balaban J connectivity index is 2.09. The molecule has 0 fully saturated rings. The Morgan fingerprint density at radius 3 is 2.67 bits per heavy atom. The number of aryl methyl sites for hydroxylation is 1. The second-order valence-electron chi connectivity index (χ2n) is 4.04. The van der Waals surface area contributed by atoms with Crippen LogP contribution in [0.25, 0.3) is 0 Å². The molecular weight excluding hydrogens is 297 g/mol. The zero-order valence-corrected chi connectivity index (χ0v) is 11.5. The van der Waals surface area contributed by atoms with Gasteiger partial charge in [0.2, 0.25) is 0 Å². The zero-order chi connectivity index (χ0) is 13.1. The van der Waals surface area contributed by atoms with E-state index >= 15 is 0 Å². The first-order valence-electron chi connectivity index (χ1n) is 5.49. The number of hydrogen-bond acceptors (Lipinski definition) is 2. The molecule has 2 N–H and O–H groups in total. The first-order chi connectivity index (χ1) is 8.56. The molecule has 0 saturated heterocycles. The molecule has 0 spiro atoms. The van der Waals surface area contributed by atoms with E-state index in [2.05, 4.69) is 15.9 Å². The topological polar surface area (TPSA) is 35.2 Å². The molecule has 0 aliphatic carbocycles. The van der Waals surface area contributed by atoms with Crippen molar-refractivity contribution in [3.8, 4) is 5.75 Å². The van der Waals surface area contributed by atoms with Crippen molar-refractivity contribution in [1.29, 1.82) is 0 Å². The minimum Gasteiger partial charge on any atom is -0.489 e. The number of hydrogen-bond donors (Lipinski definition) is 1. The summed E-state index contributed by atoms with van der Waals surface area (Å²) in [7, 11) is 0. The molecule has 0 radical (unpaired) electrons. The van der Waals surface area contributed by atoms with E-state index in [9.17, 15) is 4.39 Å². The van der Waals surface area contributed by atoms with Gasteiger partial charge >= 0.3 is 0 Å². The predicted molar refractivity (Wildman–Crippen MR) is 74.0 cm³/mol. The Morgan fingerprint density at radius 1 is 1.22 bits per heavy atom. The van der Waals surface area contributed by atoms with Crippen LogP contribution in [0.2, 0.25) is 0 Å². The standard InChI is InChI=1S/C14H13BrFNO/c1-9-6-12(4-5-14(9)17)18-8-10-2-3-11(16)7-13(10)15/h2-7H,8,17H2,1H3. The lowest BCUT2D eigenvalue weighted by Crippen LogP contribution is -1.98. The van der Waals surface area contributed by atoms with Crippen LogP contribution in [0.3, 0.4) is 0 Å². The Hall–Kier alpha value is -1.55. The SMILES string of the molecule is Cc1cc(OCc2ccc(F)cc2Br)ccc1N. The van der Waals surface area contributed by atoms with Crippen molar-refractivity contribution in [2.45, 2.75) is 13.5 Å². The average Bonchev–Trinajstić information content (AvgIpc) is 2.32. The van der Waals surface area contributed by atoms with Crippen molar-refractivity contribution in [1.82, 2.24) is 0 Å². The summed E-state index contributed by atoms with van der Waals surface area (Å²) < 4.78 is 19.3. The minimum absolute atomic E-state index is 0.269. The zero-order valence-electron chi connectivity index (χ0n) is 9.91. The number of halogens is 2. The summed E-state index contributed by atoms with van der Waals surface area (Å²) in [5.74, 6) is 0.479. The average molecular weight is 310 g/mol. The van der Waals surface area contributed by atoms with Gasteiger partial charge in [-0.2, -0.15) is 0 Å². The lowest BCUT2D eigenvalue weighted by molar-refractivity contribution is 0.305. The molecule has 0 amide bonds. The number of benzene rings is 2. The number of rotatable bonds is 3. The fourth-order valence-corrected chi connectivity index (χ4v) is 2.00. The smallest absolute Gasteiger partial charge is 0.124 e. The van der Waals surface area contributed by atoms with Gasteiger partial charge in [-0.05, 0) is 42.8 Å². The van der Waals surface area contributed by atoms with E-state index in [1.54, 1.807) is 6.07 Å². The van der Waals surface area contributed by atoms with Crippen LogP contribution >= 0.6 is 15.9 Å². The molecule has 2 aromatic rings. The van der Waals surface area contributed by atoms with Crippen LogP contribution in [0.5, 0.6) is 5.75 Å². The van der Waals surface area contributed by atoms with E-state index in [0.717, 1.165) is 22.6 Å². The second-order valence-corrected chi connectivity index (χ2v) is 4.90. The van der Waals surface area contributed by atoms with Gasteiger partial charge in [0.25, 0.3) is 0 Å². The second kappa shape index (κ2) is 5.40. The first kappa shape index (κ1) is 12.9. The third kappa shape index (κ3) is 3.01. The van der Waals surface area contributed by atoms with Crippen LogP contribution in [0.1, 0.15) is 11.1 Å². The third-order valence-corrected chi connectivity index (χ3v) is 3.39. The number of nitrogens with two attached hydrogens (primary N) is 1. The molecule has 0 aliphatic heterocycles. The summed E-state index contributed by atoms with van der Waals surface area (Å²) in [5, 5.41) is 0. The first-order valence-corrected chi connectivity index (χ1v) is 6.28. The van der Waals surface area contributed by atoms with E-state index < -0.39 is 0 Å². The van der Waals surface area contributed by atoms with E-state index in [-0.39, 0.29) is 5.82 Å². The quantitative estimate of drug-likeness (QED) is 0.868. The van der Waals surface area contributed by atoms with E-state index in [1.165, 1.54) is 12.1 Å². The normalized spacial score (nSPS) is 10.4. The van der Waals surface area contributed by atoms with Crippen molar-refractivity contribution in [2.75, 3.05) is 5.73 Å². The Bertz CT molecular complexity index is 572. The summed E-state index contributed by atoms with van der Waals surface area (Å²) in [4.78, 5) is 0. The molecule has 2 aromatic carbocycles. The van der Waals surface area contributed by atoms with E-state index in [0.29, 0.717) is 11.1 Å². The van der Waals surface area contributed by atoms with Gasteiger partial charge in [-0.25, -0.2) is 4.39 Å². The van der Waals surface area contributed by atoms with Gasteiger partial charge < -0.3 is 10.5 Å². The summed E-state index contributed by atoms with van der Waals surface area (Å²) in [5.41, 5.74) is 8.34. The van der Waals surface area contributed by atoms with E-state index in [1.807, 2.05) is 25.1 Å². The molecule has 0 aliphatic rings. The van der Waals surface area contributed by atoms with Crippen molar-refractivity contribution >= 4 is 21.6 Å². The molecular formula is C14H13BrFNO. The molecule has 0 atom stereocenters. The highest BCUT2D eigenvalue weighted by Crippen LogP contribution is 2.22. The fourth-order valence-electron chi connectivity index (χ4n) is 1.54. The van der Waals surface area contributed by atoms with Crippen molar-refractivity contribution in [3.63, 3.8) is 0 Å². The molecule has 18 heavy (non-hydrogen) atoms. The highest BCUT2D eigenvalue weighted by atomic mass is 79.9. The monoisotopic (exact) mass is 309 g/mol. The molecule has 4 heteroatoms. The molecule has 2 rings (SSSR count). The van der Waals surface area contributed by atoms with Crippen LogP contribution in [-0.2, 0) is 6.61 Å². The molecule has 94 valence electrons. The molecule has 0 bridgehead atoms. The molecule has 2 nitrogen and oxygen atoms in total. The van der Waals surface area contributed by atoms with Gasteiger partial charge in [-0.3, -0.25) is 0 Å². The predicted octanol–water partition coefficient (Wildman–Crippen LogP) is 4.06. The van der Waals surface area contributed by atoms with Crippen LogP contribution < -0.4 is 10.5 Å². The van der Waals surface area contributed by atoms with E-state index in [4.69, 9.17) is 10.5 Å². The number of anilines is 1. The number of nitrogen functional groups attached to an aromatic ring is 1. The Morgan fingerprint density at radius 2 is 2.00 bits per heavy atom. The summed E-state index contributed by atoms with van der Waals surface area (Å²) >= 11 is 3.31. The lowest BCUT2D eigenvalue weighted by Gasteiger charge is -2.09. The molecule has 0 unspecified atom stereocenters. The third-order valence-electron chi connectivity index (χ3n) is 2.65. The molecule has 0 aromatic heterocycles.